The van der Waals surface area contributed by atoms with E-state index in [4.69, 9.17) is 14.6 Å². The van der Waals surface area contributed by atoms with Gasteiger partial charge in [0.1, 0.15) is 0 Å². The smallest absolute Gasteiger partial charge is 0.303 e. The van der Waals surface area contributed by atoms with E-state index in [1.807, 2.05) is 97.1 Å². The number of hydrogen-bond acceptors (Lipinski definition) is 9. The molecule has 0 saturated carbocycles. The summed E-state index contributed by atoms with van der Waals surface area (Å²) < 4.78 is 14.9. The second kappa shape index (κ2) is 17.2. The third-order valence-corrected chi connectivity index (χ3v) is 9.46. The van der Waals surface area contributed by atoms with Crippen LogP contribution in [0.2, 0.25) is 0 Å². The predicted molar refractivity (Wildman–Crippen MR) is 188 cm³/mol. The molecule has 1 saturated heterocycles. The second-order valence-corrected chi connectivity index (χ2v) is 13.1. The number of nitrogens with zero attached hydrogens (tertiary/aromatic N) is 4. The highest BCUT2D eigenvalue weighted by Crippen LogP contribution is 2.40. The number of tetrazole rings is 1. The number of aliphatic hydroxyl groups excluding tert-OH is 1. The molecule has 4 aromatic carbocycles. The highest BCUT2D eigenvalue weighted by Gasteiger charge is 2.33. The molecule has 1 amide bonds. The van der Waals surface area contributed by atoms with Gasteiger partial charge in [-0.3, -0.25) is 9.59 Å². The minimum atomic E-state index is -0.848. The standard InChI is InChI=1S/C38H39N5O6S/c44-24-26-16-18-28(19-17-26)34-22-33(25-50-38-40-41-42-43(38)32-12-2-1-3-13-32)48-37(49-34)31-11-7-10-30(21-31)29-9-6-8-27(20-29)23-39-35(45)14-4-5-15-36(46)47/h1-3,6-13,16-21,33-34,37,44H,4-5,14-15,22-25H2,(H,39,45)(H,46,47). The van der Waals surface area contributed by atoms with E-state index >= 15 is 0 Å². The van der Waals surface area contributed by atoms with Gasteiger partial charge < -0.3 is 25.0 Å². The lowest BCUT2D eigenvalue weighted by molar-refractivity contribution is -0.245. The van der Waals surface area contributed by atoms with Crippen molar-refractivity contribution in [3.05, 3.63) is 125 Å². The Morgan fingerprint density at radius 3 is 2.38 bits per heavy atom. The van der Waals surface area contributed by atoms with Crippen LogP contribution in [0.4, 0.5) is 0 Å². The highest BCUT2D eigenvalue weighted by molar-refractivity contribution is 7.99. The number of nitrogens with one attached hydrogen (secondary N) is 1. The zero-order valence-electron chi connectivity index (χ0n) is 27.4. The molecule has 11 nitrogen and oxygen atoms in total. The van der Waals surface area contributed by atoms with Crippen LogP contribution >= 0.6 is 11.8 Å². The lowest BCUT2D eigenvalue weighted by Gasteiger charge is -2.36. The fourth-order valence-electron chi connectivity index (χ4n) is 5.77. The van der Waals surface area contributed by atoms with Gasteiger partial charge in [0.15, 0.2) is 6.29 Å². The Morgan fingerprint density at radius 2 is 1.60 bits per heavy atom. The molecule has 258 valence electrons. The van der Waals surface area contributed by atoms with Crippen LogP contribution in [0, 0.1) is 0 Å². The number of unbranched alkanes of at least 4 members (excludes halogenated alkanes) is 1. The van der Waals surface area contributed by atoms with Crippen molar-refractivity contribution in [3.63, 3.8) is 0 Å². The third-order valence-electron chi connectivity index (χ3n) is 8.41. The maximum absolute atomic E-state index is 12.3. The SMILES string of the molecule is O=C(O)CCCCC(=O)NCc1cccc(-c2cccc(C3OC(CSc4nnnn4-c4ccccc4)CC(c4ccc(CO)cc4)O3)c2)c1. The zero-order valence-corrected chi connectivity index (χ0v) is 28.2. The minimum Gasteiger partial charge on any atom is -0.481 e. The predicted octanol–water partition coefficient (Wildman–Crippen LogP) is 6.42. The van der Waals surface area contributed by atoms with E-state index in [1.165, 1.54) is 11.8 Å². The first kappa shape index (κ1) is 35.0. The molecule has 2 heterocycles. The number of carboxylic acids is 1. The molecule has 5 aromatic rings. The van der Waals surface area contributed by atoms with Gasteiger partial charge in [0.25, 0.3) is 0 Å². The van der Waals surface area contributed by atoms with Crippen molar-refractivity contribution < 1.29 is 29.3 Å². The third kappa shape index (κ3) is 9.42. The highest BCUT2D eigenvalue weighted by atomic mass is 32.2. The minimum absolute atomic E-state index is 0.0259. The van der Waals surface area contributed by atoms with E-state index < -0.39 is 12.3 Å². The number of benzene rings is 4. The molecule has 0 bridgehead atoms. The molecule has 1 fully saturated rings. The van der Waals surface area contributed by atoms with Crippen LogP contribution in [0.15, 0.2) is 108 Å². The average molecular weight is 694 g/mol. The summed E-state index contributed by atoms with van der Waals surface area (Å²) in [7, 11) is 0. The molecule has 0 radical (unpaired) electrons. The molecule has 1 aliphatic rings. The molecule has 3 N–H and O–H groups in total. The number of carbonyl (C=O) groups is 2. The molecule has 6 rings (SSSR count). The number of aromatic nitrogens is 4. The summed E-state index contributed by atoms with van der Waals surface area (Å²) in [6, 6.07) is 33.7. The van der Waals surface area contributed by atoms with E-state index in [9.17, 15) is 14.7 Å². The normalized spacial score (nSPS) is 17.3. The summed E-state index contributed by atoms with van der Waals surface area (Å²) in [5.41, 5.74) is 6.53. The Balaban J connectivity index is 1.16. The molecule has 1 aromatic heterocycles. The van der Waals surface area contributed by atoms with Gasteiger partial charge in [-0.2, -0.15) is 4.68 Å². The van der Waals surface area contributed by atoms with Gasteiger partial charge in [0.2, 0.25) is 11.1 Å². The van der Waals surface area contributed by atoms with Gasteiger partial charge in [-0.1, -0.05) is 90.6 Å². The van der Waals surface area contributed by atoms with Gasteiger partial charge in [-0.15, -0.1) is 5.10 Å². The quantitative estimate of drug-likeness (QED) is 0.0829. The van der Waals surface area contributed by atoms with Gasteiger partial charge in [-0.05, 0) is 75.4 Å². The summed E-state index contributed by atoms with van der Waals surface area (Å²) in [5.74, 6) is -0.344. The maximum atomic E-state index is 12.3. The van der Waals surface area contributed by atoms with Crippen molar-refractivity contribution in [1.29, 1.82) is 0 Å². The Hall–Kier alpha value is -4.88. The van der Waals surface area contributed by atoms with E-state index in [0.29, 0.717) is 43.1 Å². The molecule has 1 aliphatic heterocycles. The van der Waals surface area contributed by atoms with Crippen molar-refractivity contribution in [2.75, 3.05) is 5.75 Å². The van der Waals surface area contributed by atoms with Crippen LogP contribution in [-0.4, -0.2) is 54.2 Å². The number of ether oxygens (including phenoxy) is 2. The van der Waals surface area contributed by atoms with Gasteiger partial charge >= 0.3 is 5.97 Å². The zero-order chi connectivity index (χ0) is 34.7. The van der Waals surface area contributed by atoms with Gasteiger partial charge in [0.05, 0.1) is 24.5 Å². The van der Waals surface area contributed by atoms with Crippen LogP contribution in [-0.2, 0) is 32.2 Å². The fraction of sp³-hybridized carbons (Fsp3) is 0.289. The van der Waals surface area contributed by atoms with E-state index in [0.717, 1.165) is 39.1 Å². The first-order valence-electron chi connectivity index (χ1n) is 16.6. The second-order valence-electron chi connectivity index (χ2n) is 12.1. The van der Waals surface area contributed by atoms with E-state index in [2.05, 4.69) is 26.9 Å². The number of rotatable bonds is 15. The largest absolute Gasteiger partial charge is 0.481 e. The summed E-state index contributed by atoms with van der Waals surface area (Å²) in [6.45, 7) is 0.353. The number of amides is 1. The Kier molecular flexibility index (Phi) is 12.0. The lowest BCUT2D eigenvalue weighted by Crippen LogP contribution is -2.31. The first-order chi connectivity index (χ1) is 24.4. The van der Waals surface area contributed by atoms with Crippen LogP contribution in [0.1, 0.15) is 66.8 Å². The monoisotopic (exact) mass is 693 g/mol. The first-order valence-corrected chi connectivity index (χ1v) is 17.6. The van der Waals surface area contributed by atoms with Crippen LogP contribution < -0.4 is 5.32 Å². The summed E-state index contributed by atoms with van der Waals surface area (Å²) in [5, 5.41) is 34.3. The topological polar surface area (TPSA) is 149 Å². The number of thioether (sulfide) groups is 1. The number of carboxylic acid groups (broad SMARTS) is 1. The Morgan fingerprint density at radius 1 is 0.840 bits per heavy atom. The van der Waals surface area contributed by atoms with Crippen molar-refractivity contribution in [1.82, 2.24) is 25.5 Å². The number of hydrogen-bond donors (Lipinski definition) is 3. The fourth-order valence-corrected chi connectivity index (χ4v) is 6.67. The molecule has 0 spiro atoms. The Labute approximate surface area is 294 Å². The Bertz CT molecular complexity index is 1870. The summed E-state index contributed by atoms with van der Waals surface area (Å²) in [4.78, 5) is 23.0. The van der Waals surface area contributed by atoms with Crippen molar-refractivity contribution >= 4 is 23.6 Å². The molecule has 3 unspecified atom stereocenters. The van der Waals surface area contributed by atoms with Gasteiger partial charge in [-0.25, -0.2) is 0 Å². The van der Waals surface area contributed by atoms with Crippen molar-refractivity contribution in [3.8, 4) is 16.8 Å². The van der Waals surface area contributed by atoms with E-state index in [-0.39, 0.29) is 31.1 Å². The number of aliphatic carboxylic acids is 1. The molecular formula is C38H39N5O6S. The number of carbonyl (C=O) groups excluding carboxylic acids is 1. The van der Waals surface area contributed by atoms with Crippen molar-refractivity contribution in [2.24, 2.45) is 0 Å². The maximum Gasteiger partial charge on any atom is 0.303 e. The number of para-hydroxylation sites is 1. The molecular weight excluding hydrogens is 655 g/mol. The molecule has 12 heteroatoms. The van der Waals surface area contributed by atoms with Gasteiger partial charge in [0, 0.05) is 37.1 Å². The van der Waals surface area contributed by atoms with E-state index in [1.54, 1.807) is 4.68 Å². The molecule has 3 atom stereocenters. The summed E-state index contributed by atoms with van der Waals surface area (Å²) in [6.07, 6.45) is 0.962. The van der Waals surface area contributed by atoms with Crippen LogP contribution in [0.25, 0.3) is 16.8 Å². The summed E-state index contributed by atoms with van der Waals surface area (Å²) >= 11 is 1.53. The van der Waals surface area contributed by atoms with Crippen molar-refractivity contribution in [2.45, 2.75) is 68.9 Å². The lowest BCUT2D eigenvalue weighted by atomic mass is 9.99. The number of aliphatic hydroxyl groups is 1. The molecule has 0 aliphatic carbocycles. The van der Waals surface area contributed by atoms with Crippen LogP contribution in [0.5, 0.6) is 0 Å². The molecule has 50 heavy (non-hydrogen) atoms. The van der Waals surface area contributed by atoms with Crippen LogP contribution in [0.3, 0.4) is 0 Å². The average Bonchev–Trinajstić information content (AvgIpc) is 3.64.